The summed E-state index contributed by atoms with van der Waals surface area (Å²) in [6.45, 7) is 1.59. The van der Waals surface area contributed by atoms with Crippen LogP contribution in [0.4, 0.5) is 5.69 Å². The Morgan fingerprint density at radius 3 is 2.45 bits per heavy atom. The number of hydrogen-bond acceptors (Lipinski definition) is 5. The van der Waals surface area contributed by atoms with Crippen LogP contribution in [0.5, 0.6) is 5.75 Å². The van der Waals surface area contributed by atoms with Gasteiger partial charge in [0, 0.05) is 10.7 Å². The Morgan fingerprint density at radius 2 is 1.79 bits per heavy atom. The molecule has 29 heavy (non-hydrogen) atoms. The highest BCUT2D eigenvalue weighted by atomic mass is 35.5. The van der Waals surface area contributed by atoms with Gasteiger partial charge in [0.1, 0.15) is 5.75 Å². The summed E-state index contributed by atoms with van der Waals surface area (Å²) in [6, 6.07) is 17.0. The smallest absolute Gasteiger partial charge is 0.291 e. The fraction of sp³-hybridized carbons (Fsp3) is 0.0952. The van der Waals surface area contributed by atoms with Crippen LogP contribution < -0.4 is 15.5 Å². The zero-order chi connectivity index (χ0) is 20.6. The van der Waals surface area contributed by atoms with Crippen LogP contribution in [0.1, 0.15) is 23.0 Å². The first kappa shape index (κ1) is 20.2. The molecule has 3 aromatic rings. The Labute approximate surface area is 172 Å². The van der Waals surface area contributed by atoms with E-state index in [0.717, 1.165) is 5.56 Å². The van der Waals surface area contributed by atoms with Gasteiger partial charge in [0.2, 0.25) is 0 Å². The van der Waals surface area contributed by atoms with E-state index >= 15 is 0 Å². The maximum absolute atomic E-state index is 12.0. The van der Waals surface area contributed by atoms with Crippen LogP contribution in [-0.4, -0.2) is 24.1 Å². The molecule has 2 aromatic carbocycles. The van der Waals surface area contributed by atoms with Crippen molar-refractivity contribution in [3.05, 3.63) is 83.3 Å². The number of carbonyl (C=O) groups is 2. The van der Waals surface area contributed by atoms with Crippen LogP contribution in [0.15, 0.2) is 76.4 Å². The fourth-order valence-electron chi connectivity index (χ4n) is 2.32. The highest BCUT2D eigenvalue weighted by molar-refractivity contribution is 6.30. The maximum atomic E-state index is 12.0. The minimum absolute atomic E-state index is 0.170. The second-order valence-electron chi connectivity index (χ2n) is 5.98. The normalized spacial score (nSPS) is 11.0. The number of halogens is 1. The number of anilines is 1. The van der Waals surface area contributed by atoms with Gasteiger partial charge in [-0.2, -0.15) is 5.10 Å². The first-order chi connectivity index (χ1) is 14.0. The van der Waals surface area contributed by atoms with E-state index in [2.05, 4.69) is 15.8 Å². The van der Waals surface area contributed by atoms with Gasteiger partial charge in [0.05, 0.1) is 12.0 Å². The van der Waals surface area contributed by atoms with E-state index < -0.39 is 0 Å². The molecule has 1 heterocycles. The van der Waals surface area contributed by atoms with Gasteiger partial charge in [-0.25, -0.2) is 5.43 Å². The number of hydrogen-bond donors (Lipinski definition) is 2. The quantitative estimate of drug-likeness (QED) is 0.452. The lowest BCUT2D eigenvalue weighted by Gasteiger charge is -2.07. The Kier molecular flexibility index (Phi) is 6.65. The molecule has 1 aromatic heterocycles. The molecule has 0 aliphatic heterocycles. The number of amides is 2. The summed E-state index contributed by atoms with van der Waals surface area (Å²) >= 11 is 5.80. The van der Waals surface area contributed by atoms with Crippen LogP contribution in [0.25, 0.3) is 0 Å². The highest BCUT2D eigenvalue weighted by Crippen LogP contribution is 2.15. The molecular weight excluding hydrogens is 394 g/mol. The van der Waals surface area contributed by atoms with Crippen LogP contribution in [0, 0.1) is 0 Å². The van der Waals surface area contributed by atoms with E-state index in [9.17, 15) is 9.59 Å². The van der Waals surface area contributed by atoms with Crippen LogP contribution >= 0.6 is 11.6 Å². The summed E-state index contributed by atoms with van der Waals surface area (Å²) < 4.78 is 10.4. The first-order valence-corrected chi connectivity index (χ1v) is 9.06. The van der Waals surface area contributed by atoms with Crippen molar-refractivity contribution in [2.75, 3.05) is 11.9 Å². The molecule has 0 unspecified atom stereocenters. The predicted molar refractivity (Wildman–Crippen MR) is 110 cm³/mol. The average Bonchev–Trinajstić information content (AvgIpc) is 3.27. The topological polar surface area (TPSA) is 92.9 Å². The van der Waals surface area contributed by atoms with Crippen LogP contribution in [-0.2, 0) is 4.79 Å². The third kappa shape index (κ3) is 5.95. The zero-order valence-electron chi connectivity index (χ0n) is 15.5. The molecule has 0 saturated carbocycles. The van der Waals surface area contributed by atoms with Crippen LogP contribution in [0.2, 0.25) is 5.02 Å². The molecule has 0 radical (unpaired) electrons. The maximum Gasteiger partial charge on any atom is 0.291 e. The van der Waals surface area contributed by atoms with Crippen molar-refractivity contribution in [1.82, 2.24) is 5.43 Å². The summed E-state index contributed by atoms with van der Waals surface area (Å²) in [5.41, 5.74) is 4.45. The van der Waals surface area contributed by atoms with Crippen molar-refractivity contribution in [3.8, 4) is 5.75 Å². The first-order valence-electron chi connectivity index (χ1n) is 8.68. The molecule has 0 saturated heterocycles. The SMILES string of the molecule is CC(=NNC(=O)COc1ccc(Cl)cc1)c1ccc(NC(=O)c2ccco2)cc1. The molecule has 0 bridgehead atoms. The van der Waals surface area contributed by atoms with Gasteiger partial charge in [-0.1, -0.05) is 23.7 Å². The molecule has 8 heteroatoms. The van der Waals surface area contributed by atoms with Crippen molar-refractivity contribution < 1.29 is 18.7 Å². The number of nitrogens with one attached hydrogen (secondary N) is 2. The molecule has 148 valence electrons. The van der Waals surface area contributed by atoms with Gasteiger partial charge in [-0.3, -0.25) is 9.59 Å². The summed E-state index contributed by atoms with van der Waals surface area (Å²) in [7, 11) is 0. The molecule has 3 rings (SSSR count). The molecule has 0 aliphatic rings. The molecule has 0 aliphatic carbocycles. The van der Waals surface area contributed by atoms with Crippen molar-refractivity contribution in [2.24, 2.45) is 5.10 Å². The number of hydrazone groups is 1. The fourth-order valence-corrected chi connectivity index (χ4v) is 2.44. The molecule has 0 fully saturated rings. The highest BCUT2D eigenvalue weighted by Gasteiger charge is 2.09. The summed E-state index contributed by atoms with van der Waals surface area (Å²) in [5.74, 6) is 0.0514. The zero-order valence-corrected chi connectivity index (χ0v) is 16.3. The van der Waals surface area contributed by atoms with E-state index in [4.69, 9.17) is 20.8 Å². The van der Waals surface area contributed by atoms with Gasteiger partial charge in [0.25, 0.3) is 11.8 Å². The lowest BCUT2D eigenvalue weighted by Crippen LogP contribution is -2.25. The number of furan rings is 1. The minimum Gasteiger partial charge on any atom is -0.484 e. The van der Waals surface area contributed by atoms with Gasteiger partial charge in [0.15, 0.2) is 12.4 Å². The Hall–Kier alpha value is -3.58. The molecular formula is C21H18ClN3O4. The van der Waals surface area contributed by atoms with E-state index in [1.54, 1.807) is 67.6 Å². The average molecular weight is 412 g/mol. The van der Waals surface area contributed by atoms with E-state index in [0.29, 0.717) is 22.2 Å². The summed E-state index contributed by atoms with van der Waals surface area (Å²) in [6.07, 6.45) is 1.44. The molecule has 2 amide bonds. The summed E-state index contributed by atoms with van der Waals surface area (Å²) in [5, 5.41) is 7.39. The largest absolute Gasteiger partial charge is 0.484 e. The van der Waals surface area contributed by atoms with Crippen molar-refractivity contribution >= 4 is 34.8 Å². The van der Waals surface area contributed by atoms with Crippen molar-refractivity contribution in [3.63, 3.8) is 0 Å². The molecule has 7 nitrogen and oxygen atoms in total. The van der Waals surface area contributed by atoms with Crippen molar-refractivity contribution in [1.29, 1.82) is 0 Å². The Balaban J connectivity index is 1.50. The lowest BCUT2D eigenvalue weighted by molar-refractivity contribution is -0.123. The number of carbonyl (C=O) groups excluding carboxylic acids is 2. The molecule has 0 atom stereocenters. The number of ether oxygens (including phenoxy) is 1. The van der Waals surface area contributed by atoms with Gasteiger partial charge < -0.3 is 14.5 Å². The van der Waals surface area contributed by atoms with Gasteiger partial charge in [-0.05, 0) is 61.0 Å². The third-order valence-electron chi connectivity index (χ3n) is 3.84. The standard InChI is InChI=1S/C21H18ClN3O4/c1-14(24-25-20(26)13-29-18-10-6-16(22)7-11-18)15-4-8-17(9-5-15)23-21(27)19-3-2-12-28-19/h2-12H,13H2,1H3,(H,23,27)(H,25,26). The predicted octanol–water partition coefficient (Wildman–Crippen LogP) is 4.10. The second kappa shape index (κ2) is 9.57. The lowest BCUT2D eigenvalue weighted by atomic mass is 10.1. The van der Waals surface area contributed by atoms with Crippen LogP contribution in [0.3, 0.4) is 0 Å². The molecule has 2 N–H and O–H groups in total. The monoisotopic (exact) mass is 411 g/mol. The van der Waals surface area contributed by atoms with Gasteiger partial charge in [-0.15, -0.1) is 0 Å². The molecule has 0 spiro atoms. The third-order valence-corrected chi connectivity index (χ3v) is 4.09. The Morgan fingerprint density at radius 1 is 1.07 bits per heavy atom. The number of rotatable bonds is 7. The van der Waals surface area contributed by atoms with Gasteiger partial charge >= 0.3 is 0 Å². The Bertz CT molecular complexity index is 997. The van der Waals surface area contributed by atoms with Crippen molar-refractivity contribution in [2.45, 2.75) is 6.92 Å². The van der Waals surface area contributed by atoms with E-state index in [1.807, 2.05) is 0 Å². The minimum atomic E-state index is -0.387. The van der Waals surface area contributed by atoms with E-state index in [-0.39, 0.29) is 24.2 Å². The second-order valence-corrected chi connectivity index (χ2v) is 6.42. The number of benzene rings is 2. The summed E-state index contributed by atoms with van der Waals surface area (Å²) in [4.78, 5) is 23.8. The van der Waals surface area contributed by atoms with E-state index in [1.165, 1.54) is 6.26 Å². The number of nitrogens with zero attached hydrogens (tertiary/aromatic N) is 1.